The highest BCUT2D eigenvalue weighted by atomic mass is 32.2. The highest BCUT2D eigenvalue weighted by Gasteiger charge is 2.11. The molecule has 0 aromatic carbocycles. The van der Waals surface area contributed by atoms with Crippen LogP contribution in [0.2, 0.25) is 0 Å². The molecule has 2 heteroatoms. The van der Waals surface area contributed by atoms with Gasteiger partial charge in [-0.1, -0.05) is 19.4 Å². The number of allylic oxidation sites excluding steroid dienone is 1. The smallest absolute Gasteiger partial charge is 0.165 e. The van der Waals surface area contributed by atoms with E-state index in [1.165, 1.54) is 5.57 Å². The van der Waals surface area contributed by atoms with Gasteiger partial charge in [-0.2, -0.15) is 0 Å². The Balaban J connectivity index is 2.66. The molecule has 1 heterocycles. The molecule has 0 aliphatic carbocycles. The molecule has 0 atom stereocenters. The van der Waals surface area contributed by atoms with Crippen LogP contribution in [0.5, 0.6) is 0 Å². The van der Waals surface area contributed by atoms with Crippen LogP contribution in [0.4, 0.5) is 0 Å². The van der Waals surface area contributed by atoms with Gasteiger partial charge in [-0.15, -0.1) is 11.8 Å². The Morgan fingerprint density at radius 1 is 1.50 bits per heavy atom. The third-order valence-electron chi connectivity index (χ3n) is 1.60. The van der Waals surface area contributed by atoms with Crippen LogP contribution in [0.25, 0.3) is 0 Å². The molecule has 1 nitrogen and oxygen atoms in total. The fourth-order valence-electron chi connectivity index (χ4n) is 0.893. The number of carbonyl (C=O) groups excluding carboxylic acids is 1. The van der Waals surface area contributed by atoms with Crippen LogP contribution in [-0.4, -0.2) is 17.3 Å². The van der Waals surface area contributed by atoms with Crippen LogP contribution < -0.4 is 0 Å². The number of hydrogen-bond donors (Lipinski definition) is 0. The maximum Gasteiger partial charge on any atom is 0.165 e. The van der Waals surface area contributed by atoms with Gasteiger partial charge < -0.3 is 0 Å². The van der Waals surface area contributed by atoms with E-state index in [2.05, 4.69) is 13.8 Å². The lowest BCUT2D eigenvalue weighted by molar-refractivity contribution is -0.112. The Kier molecular flexibility index (Phi) is 2.55. The molecule has 0 unspecified atom stereocenters. The van der Waals surface area contributed by atoms with Gasteiger partial charge in [-0.25, -0.2) is 0 Å². The molecule has 0 aromatic heterocycles. The molecule has 0 amide bonds. The maximum absolute atomic E-state index is 10.9. The minimum absolute atomic E-state index is 0.278. The molecule has 0 spiro atoms. The first-order valence-electron chi connectivity index (χ1n) is 3.51. The average Bonchev–Trinajstić information content (AvgIpc) is 1.88. The average molecular weight is 156 g/mol. The predicted octanol–water partition coefficient (Wildman–Crippen LogP) is 1.88. The standard InChI is InChI=1S/C8H12OS/c1-6(2)7-3-8(9)5-10-4-7/h3,6H,4-5H2,1-2H3. The lowest BCUT2D eigenvalue weighted by Gasteiger charge is -2.14. The van der Waals surface area contributed by atoms with Crippen molar-refractivity contribution in [3.63, 3.8) is 0 Å². The Hall–Kier alpha value is -0.240. The zero-order valence-corrected chi connectivity index (χ0v) is 7.20. The molecule has 0 saturated heterocycles. The largest absolute Gasteiger partial charge is 0.294 e. The van der Waals surface area contributed by atoms with E-state index < -0.39 is 0 Å². The minimum atomic E-state index is 0.278. The molecule has 0 aromatic rings. The molecular weight excluding hydrogens is 144 g/mol. The summed E-state index contributed by atoms with van der Waals surface area (Å²) in [5, 5.41) is 0. The highest BCUT2D eigenvalue weighted by Crippen LogP contribution is 2.20. The van der Waals surface area contributed by atoms with Crippen LogP contribution in [-0.2, 0) is 4.79 Å². The lowest BCUT2D eigenvalue weighted by Crippen LogP contribution is -2.10. The van der Waals surface area contributed by atoms with E-state index in [1.807, 2.05) is 0 Å². The van der Waals surface area contributed by atoms with Gasteiger partial charge in [0.05, 0.1) is 5.75 Å². The summed E-state index contributed by atoms with van der Waals surface area (Å²) in [5.74, 6) is 2.54. The second kappa shape index (κ2) is 3.24. The predicted molar refractivity (Wildman–Crippen MR) is 45.3 cm³/mol. The van der Waals surface area contributed by atoms with Gasteiger partial charge in [0.15, 0.2) is 5.78 Å². The first kappa shape index (κ1) is 7.86. The maximum atomic E-state index is 10.9. The topological polar surface area (TPSA) is 17.1 Å². The Morgan fingerprint density at radius 2 is 2.20 bits per heavy atom. The summed E-state index contributed by atoms with van der Waals surface area (Å²) in [6.07, 6.45) is 1.81. The second-order valence-electron chi connectivity index (χ2n) is 2.83. The number of ketones is 1. The van der Waals surface area contributed by atoms with Crippen molar-refractivity contribution in [3.8, 4) is 0 Å². The molecule has 1 aliphatic rings. The summed E-state index contributed by atoms with van der Waals surface area (Å²) < 4.78 is 0. The molecule has 56 valence electrons. The van der Waals surface area contributed by atoms with E-state index in [9.17, 15) is 4.79 Å². The summed E-state index contributed by atoms with van der Waals surface area (Å²) in [6.45, 7) is 4.26. The molecule has 1 rings (SSSR count). The van der Waals surface area contributed by atoms with Crippen LogP contribution in [0.1, 0.15) is 13.8 Å². The van der Waals surface area contributed by atoms with Gasteiger partial charge in [0, 0.05) is 5.75 Å². The third-order valence-corrected chi connectivity index (χ3v) is 2.63. The number of rotatable bonds is 1. The molecule has 0 saturated carbocycles. The highest BCUT2D eigenvalue weighted by molar-refractivity contribution is 8.00. The number of thioether (sulfide) groups is 1. The number of hydrogen-bond acceptors (Lipinski definition) is 2. The van der Waals surface area contributed by atoms with Crippen LogP contribution in [0.3, 0.4) is 0 Å². The molecule has 0 bridgehead atoms. The summed E-state index contributed by atoms with van der Waals surface area (Å²) in [4.78, 5) is 10.9. The second-order valence-corrected chi connectivity index (χ2v) is 3.82. The van der Waals surface area contributed by atoms with E-state index in [0.717, 1.165) is 5.75 Å². The van der Waals surface area contributed by atoms with Crippen molar-refractivity contribution in [3.05, 3.63) is 11.6 Å². The van der Waals surface area contributed by atoms with E-state index in [0.29, 0.717) is 11.7 Å². The molecule has 1 aliphatic heterocycles. The molecule has 10 heavy (non-hydrogen) atoms. The fraction of sp³-hybridized carbons (Fsp3) is 0.625. The van der Waals surface area contributed by atoms with Crippen molar-refractivity contribution in [2.45, 2.75) is 13.8 Å². The molecular formula is C8H12OS. The molecule has 0 radical (unpaired) electrons. The van der Waals surface area contributed by atoms with Crippen molar-refractivity contribution < 1.29 is 4.79 Å². The van der Waals surface area contributed by atoms with Gasteiger partial charge in [-0.3, -0.25) is 4.79 Å². The van der Waals surface area contributed by atoms with Gasteiger partial charge in [0.2, 0.25) is 0 Å². The van der Waals surface area contributed by atoms with Crippen molar-refractivity contribution in [1.82, 2.24) is 0 Å². The lowest BCUT2D eigenvalue weighted by atomic mass is 10.0. The van der Waals surface area contributed by atoms with E-state index >= 15 is 0 Å². The monoisotopic (exact) mass is 156 g/mol. The van der Waals surface area contributed by atoms with Crippen molar-refractivity contribution in [1.29, 1.82) is 0 Å². The van der Waals surface area contributed by atoms with E-state index in [1.54, 1.807) is 17.8 Å². The van der Waals surface area contributed by atoms with Gasteiger partial charge in [0.1, 0.15) is 0 Å². The fourth-order valence-corrected chi connectivity index (χ4v) is 1.93. The van der Waals surface area contributed by atoms with E-state index in [-0.39, 0.29) is 5.78 Å². The minimum Gasteiger partial charge on any atom is -0.294 e. The zero-order chi connectivity index (χ0) is 7.56. The summed E-state index contributed by atoms with van der Waals surface area (Å²) in [6, 6.07) is 0. The first-order valence-corrected chi connectivity index (χ1v) is 4.66. The van der Waals surface area contributed by atoms with E-state index in [4.69, 9.17) is 0 Å². The van der Waals surface area contributed by atoms with Gasteiger partial charge in [-0.05, 0) is 12.0 Å². The Labute approximate surface area is 65.9 Å². The third kappa shape index (κ3) is 1.87. The number of carbonyl (C=O) groups is 1. The van der Waals surface area contributed by atoms with Crippen molar-refractivity contribution >= 4 is 17.5 Å². The Bertz CT molecular complexity index is 170. The van der Waals surface area contributed by atoms with Crippen molar-refractivity contribution in [2.24, 2.45) is 5.92 Å². The normalized spacial score (nSPS) is 19.5. The SMILES string of the molecule is CC(C)C1=CC(=O)CSC1. The quantitative estimate of drug-likeness (QED) is 0.576. The van der Waals surface area contributed by atoms with Crippen LogP contribution in [0, 0.1) is 5.92 Å². The Morgan fingerprint density at radius 3 is 2.60 bits per heavy atom. The summed E-state index contributed by atoms with van der Waals surface area (Å²) in [7, 11) is 0. The van der Waals surface area contributed by atoms with Crippen LogP contribution in [0.15, 0.2) is 11.6 Å². The molecule has 0 fully saturated rings. The van der Waals surface area contributed by atoms with Crippen molar-refractivity contribution in [2.75, 3.05) is 11.5 Å². The zero-order valence-electron chi connectivity index (χ0n) is 6.39. The van der Waals surface area contributed by atoms with Crippen LogP contribution >= 0.6 is 11.8 Å². The van der Waals surface area contributed by atoms with Gasteiger partial charge in [0.25, 0.3) is 0 Å². The summed E-state index contributed by atoms with van der Waals surface area (Å²) in [5.41, 5.74) is 1.29. The summed E-state index contributed by atoms with van der Waals surface area (Å²) >= 11 is 1.72. The molecule has 0 N–H and O–H groups in total. The van der Waals surface area contributed by atoms with Gasteiger partial charge >= 0.3 is 0 Å². The first-order chi connectivity index (χ1) is 4.70.